The molecule has 0 radical (unpaired) electrons. The second-order valence-electron chi connectivity index (χ2n) is 3.48. The van der Waals surface area contributed by atoms with E-state index in [0.717, 1.165) is 5.56 Å². The Kier molecular flexibility index (Phi) is 3.35. The molecule has 2 aromatic rings. The second kappa shape index (κ2) is 4.93. The maximum Gasteiger partial charge on any atom is 0.285 e. The Morgan fingerprint density at radius 3 is 2.65 bits per heavy atom. The van der Waals surface area contributed by atoms with E-state index in [1.54, 1.807) is 0 Å². The van der Waals surface area contributed by atoms with Crippen LogP contribution in [0.5, 0.6) is 0 Å². The van der Waals surface area contributed by atoms with Gasteiger partial charge in [0.2, 0.25) is 0 Å². The van der Waals surface area contributed by atoms with Gasteiger partial charge in [0, 0.05) is 0 Å². The van der Waals surface area contributed by atoms with Crippen LogP contribution in [-0.2, 0) is 6.54 Å². The molecule has 86 valence electrons. The van der Waals surface area contributed by atoms with Crippen molar-refractivity contribution in [2.24, 2.45) is 0 Å². The van der Waals surface area contributed by atoms with Gasteiger partial charge in [0.25, 0.3) is 5.56 Å². The molecule has 17 heavy (non-hydrogen) atoms. The molecule has 1 aromatic heterocycles. The lowest BCUT2D eigenvalue weighted by Gasteiger charge is -2.05. The Morgan fingerprint density at radius 1 is 1.29 bits per heavy atom. The van der Waals surface area contributed by atoms with Gasteiger partial charge in [-0.3, -0.25) is 9.59 Å². The van der Waals surface area contributed by atoms with E-state index in [1.807, 2.05) is 30.3 Å². The molecule has 0 fully saturated rings. The van der Waals surface area contributed by atoms with Crippen molar-refractivity contribution in [3.8, 4) is 0 Å². The topological polar surface area (TPSA) is 52.0 Å². The van der Waals surface area contributed by atoms with E-state index in [1.165, 1.54) is 10.7 Å². The number of hydrogen-bond donors (Lipinski definition) is 0. The summed E-state index contributed by atoms with van der Waals surface area (Å²) >= 11 is 5.73. The third kappa shape index (κ3) is 2.60. The molecule has 0 spiro atoms. The second-order valence-corrected chi connectivity index (χ2v) is 3.89. The minimum Gasteiger partial charge on any atom is -0.296 e. The maximum atomic E-state index is 11.7. The molecule has 0 amide bonds. The van der Waals surface area contributed by atoms with Gasteiger partial charge in [-0.1, -0.05) is 41.9 Å². The van der Waals surface area contributed by atoms with Gasteiger partial charge >= 0.3 is 0 Å². The fourth-order valence-corrected chi connectivity index (χ4v) is 1.66. The Balaban J connectivity index is 2.42. The van der Waals surface area contributed by atoms with Gasteiger partial charge in [0.05, 0.1) is 6.54 Å². The van der Waals surface area contributed by atoms with Gasteiger partial charge in [0.15, 0.2) is 6.29 Å². The summed E-state index contributed by atoms with van der Waals surface area (Å²) in [4.78, 5) is 22.3. The van der Waals surface area contributed by atoms with Crippen LogP contribution >= 0.6 is 11.6 Å². The van der Waals surface area contributed by atoms with Crippen molar-refractivity contribution in [3.05, 3.63) is 63.0 Å². The standard InChI is InChI=1S/C12H9ClN2O2/c13-11-6-10(8-16)14-15(12(11)17)7-9-4-2-1-3-5-9/h1-6,8H,7H2. The Bertz CT molecular complexity index is 593. The maximum absolute atomic E-state index is 11.7. The van der Waals surface area contributed by atoms with Crippen molar-refractivity contribution in [2.75, 3.05) is 0 Å². The number of carbonyl (C=O) groups excluding carboxylic acids is 1. The van der Waals surface area contributed by atoms with Crippen LogP contribution in [-0.4, -0.2) is 16.1 Å². The number of aldehydes is 1. The average Bonchev–Trinajstić information content (AvgIpc) is 2.36. The van der Waals surface area contributed by atoms with Crippen molar-refractivity contribution in [1.29, 1.82) is 0 Å². The molecule has 1 aromatic carbocycles. The van der Waals surface area contributed by atoms with Crippen molar-refractivity contribution in [2.45, 2.75) is 6.54 Å². The third-order valence-electron chi connectivity index (χ3n) is 2.25. The predicted molar refractivity (Wildman–Crippen MR) is 64.4 cm³/mol. The summed E-state index contributed by atoms with van der Waals surface area (Å²) in [6.45, 7) is 0.293. The minimum atomic E-state index is -0.402. The number of carbonyl (C=O) groups is 1. The summed E-state index contributed by atoms with van der Waals surface area (Å²) in [5, 5.41) is 3.90. The van der Waals surface area contributed by atoms with Gasteiger partial charge < -0.3 is 0 Å². The van der Waals surface area contributed by atoms with Crippen LogP contribution in [0.3, 0.4) is 0 Å². The Labute approximate surface area is 102 Å². The van der Waals surface area contributed by atoms with Crippen molar-refractivity contribution < 1.29 is 4.79 Å². The highest BCUT2D eigenvalue weighted by atomic mass is 35.5. The lowest BCUT2D eigenvalue weighted by atomic mass is 10.2. The summed E-state index contributed by atoms with van der Waals surface area (Å²) in [5.74, 6) is 0. The average molecular weight is 249 g/mol. The Hall–Kier alpha value is -1.94. The van der Waals surface area contributed by atoms with Crippen LogP contribution in [0.15, 0.2) is 41.2 Å². The zero-order valence-corrected chi connectivity index (χ0v) is 9.59. The molecule has 4 nitrogen and oxygen atoms in total. The number of nitrogens with zero attached hydrogens (tertiary/aromatic N) is 2. The molecule has 0 aliphatic rings. The smallest absolute Gasteiger partial charge is 0.285 e. The number of halogens is 1. The van der Waals surface area contributed by atoms with Crippen LogP contribution < -0.4 is 5.56 Å². The van der Waals surface area contributed by atoms with Crippen molar-refractivity contribution in [3.63, 3.8) is 0 Å². The zero-order chi connectivity index (χ0) is 12.3. The van der Waals surface area contributed by atoms with Crippen molar-refractivity contribution >= 4 is 17.9 Å². The Morgan fingerprint density at radius 2 is 2.00 bits per heavy atom. The SMILES string of the molecule is O=Cc1cc(Cl)c(=O)n(Cc2ccccc2)n1. The summed E-state index contributed by atoms with van der Waals surface area (Å²) in [6.07, 6.45) is 0.562. The monoisotopic (exact) mass is 248 g/mol. The number of rotatable bonds is 3. The molecule has 5 heteroatoms. The fourth-order valence-electron chi connectivity index (χ4n) is 1.45. The normalized spacial score (nSPS) is 10.2. The van der Waals surface area contributed by atoms with E-state index in [4.69, 9.17) is 11.6 Å². The van der Waals surface area contributed by atoms with E-state index in [9.17, 15) is 9.59 Å². The number of benzene rings is 1. The number of hydrogen-bond acceptors (Lipinski definition) is 3. The molecule has 0 aliphatic heterocycles. The highest BCUT2D eigenvalue weighted by Crippen LogP contribution is 2.04. The highest BCUT2D eigenvalue weighted by molar-refractivity contribution is 6.30. The summed E-state index contributed by atoms with van der Waals surface area (Å²) in [7, 11) is 0. The van der Waals surface area contributed by atoms with Crippen molar-refractivity contribution in [1.82, 2.24) is 9.78 Å². The molecule has 0 unspecified atom stereocenters. The molecule has 2 rings (SSSR count). The molecule has 1 heterocycles. The first-order chi connectivity index (χ1) is 8.20. The molecule has 0 saturated carbocycles. The molecule has 0 N–H and O–H groups in total. The van der Waals surface area contributed by atoms with E-state index in [-0.39, 0.29) is 10.7 Å². The first kappa shape index (κ1) is 11.5. The van der Waals surface area contributed by atoms with E-state index < -0.39 is 5.56 Å². The summed E-state index contributed by atoms with van der Waals surface area (Å²) in [6, 6.07) is 10.6. The van der Waals surface area contributed by atoms with E-state index >= 15 is 0 Å². The minimum absolute atomic E-state index is 0.00182. The van der Waals surface area contributed by atoms with E-state index in [0.29, 0.717) is 12.8 Å². The van der Waals surface area contributed by atoms with Crippen LogP contribution in [0.4, 0.5) is 0 Å². The largest absolute Gasteiger partial charge is 0.296 e. The van der Waals surface area contributed by atoms with Crippen LogP contribution in [0.2, 0.25) is 5.02 Å². The fraction of sp³-hybridized carbons (Fsp3) is 0.0833. The van der Waals surface area contributed by atoms with E-state index in [2.05, 4.69) is 5.10 Å². The lowest BCUT2D eigenvalue weighted by molar-refractivity contribution is 0.111. The van der Waals surface area contributed by atoms with Crippen LogP contribution in [0.1, 0.15) is 16.1 Å². The molecule has 0 aliphatic carbocycles. The van der Waals surface area contributed by atoms with Gasteiger partial charge in [-0.05, 0) is 11.6 Å². The molecule has 0 atom stereocenters. The summed E-state index contributed by atoms with van der Waals surface area (Å²) < 4.78 is 1.18. The quantitative estimate of drug-likeness (QED) is 0.778. The zero-order valence-electron chi connectivity index (χ0n) is 8.84. The molecule has 0 bridgehead atoms. The third-order valence-corrected chi connectivity index (χ3v) is 2.52. The number of aromatic nitrogens is 2. The van der Waals surface area contributed by atoms with Gasteiger partial charge in [0.1, 0.15) is 10.7 Å². The lowest BCUT2D eigenvalue weighted by Crippen LogP contribution is -2.25. The van der Waals surface area contributed by atoms with Gasteiger partial charge in [-0.25, -0.2) is 4.68 Å². The highest BCUT2D eigenvalue weighted by Gasteiger charge is 2.06. The summed E-state index contributed by atoms with van der Waals surface area (Å²) in [5.41, 5.74) is 0.660. The molecular formula is C12H9ClN2O2. The van der Waals surface area contributed by atoms with Gasteiger partial charge in [-0.15, -0.1) is 0 Å². The van der Waals surface area contributed by atoms with Crippen LogP contribution in [0.25, 0.3) is 0 Å². The predicted octanol–water partition coefficient (Wildman–Crippen LogP) is 1.76. The first-order valence-electron chi connectivity index (χ1n) is 4.97. The molecule has 0 saturated heterocycles. The molecular weight excluding hydrogens is 240 g/mol. The first-order valence-corrected chi connectivity index (χ1v) is 5.35. The van der Waals surface area contributed by atoms with Gasteiger partial charge in [-0.2, -0.15) is 5.10 Å². The van der Waals surface area contributed by atoms with Crippen LogP contribution in [0, 0.1) is 0 Å².